The van der Waals surface area contributed by atoms with Gasteiger partial charge in [0.2, 0.25) is 5.82 Å². The summed E-state index contributed by atoms with van der Waals surface area (Å²) in [5.41, 5.74) is 1.75. The average Bonchev–Trinajstić information content (AvgIpc) is 3.32. The van der Waals surface area contributed by atoms with Crippen LogP contribution in [0.25, 0.3) is 17.2 Å². The van der Waals surface area contributed by atoms with Crippen molar-refractivity contribution >= 4 is 5.65 Å². The smallest absolute Gasteiger partial charge is 0.275 e. The van der Waals surface area contributed by atoms with E-state index in [4.69, 9.17) is 18.7 Å². The SMILES string of the molecule is CCOc1ccc(COc2nn3c(-c4cc(C)on4)nnc3cc2OC)nc1. The lowest BCUT2D eigenvalue weighted by Crippen LogP contribution is -2.05. The van der Waals surface area contributed by atoms with Crippen LogP contribution >= 0.6 is 0 Å². The summed E-state index contributed by atoms with van der Waals surface area (Å²) in [5, 5.41) is 16.7. The fourth-order valence-electron chi connectivity index (χ4n) is 2.57. The van der Waals surface area contributed by atoms with Gasteiger partial charge in [0.25, 0.3) is 5.88 Å². The van der Waals surface area contributed by atoms with Crippen molar-refractivity contribution in [2.45, 2.75) is 20.5 Å². The largest absolute Gasteiger partial charge is 0.492 e. The third kappa shape index (κ3) is 3.43. The molecule has 0 bridgehead atoms. The van der Waals surface area contributed by atoms with Crippen LogP contribution in [0.15, 0.2) is 35.0 Å². The molecule has 28 heavy (non-hydrogen) atoms. The molecule has 0 aromatic carbocycles. The van der Waals surface area contributed by atoms with Crippen molar-refractivity contribution in [3.05, 3.63) is 41.9 Å². The van der Waals surface area contributed by atoms with E-state index in [1.807, 2.05) is 19.1 Å². The maximum Gasteiger partial charge on any atom is 0.275 e. The van der Waals surface area contributed by atoms with Crippen molar-refractivity contribution in [3.8, 4) is 28.9 Å². The van der Waals surface area contributed by atoms with Crippen LogP contribution in [0.4, 0.5) is 0 Å². The second-order valence-electron chi connectivity index (χ2n) is 5.84. The third-order valence-electron chi connectivity index (χ3n) is 3.87. The molecule has 0 saturated heterocycles. The molecule has 4 aromatic heterocycles. The van der Waals surface area contributed by atoms with Gasteiger partial charge in [-0.25, -0.2) is 0 Å². The Bertz CT molecular complexity index is 1090. The molecule has 4 aromatic rings. The molecule has 10 heteroatoms. The van der Waals surface area contributed by atoms with E-state index in [2.05, 4.69) is 25.4 Å². The maximum absolute atomic E-state index is 5.83. The van der Waals surface area contributed by atoms with Crippen LogP contribution in [-0.4, -0.2) is 43.7 Å². The summed E-state index contributed by atoms with van der Waals surface area (Å²) in [4.78, 5) is 4.32. The first kappa shape index (κ1) is 17.7. The number of hydrogen-bond donors (Lipinski definition) is 0. The molecular formula is C18H18N6O4. The van der Waals surface area contributed by atoms with Crippen molar-refractivity contribution in [3.63, 3.8) is 0 Å². The van der Waals surface area contributed by atoms with E-state index in [1.54, 1.807) is 25.3 Å². The van der Waals surface area contributed by atoms with E-state index in [0.717, 1.165) is 5.69 Å². The molecule has 0 aliphatic carbocycles. The predicted octanol–water partition coefficient (Wildman–Crippen LogP) is 2.47. The monoisotopic (exact) mass is 382 g/mol. The van der Waals surface area contributed by atoms with E-state index in [-0.39, 0.29) is 12.5 Å². The van der Waals surface area contributed by atoms with Gasteiger partial charge in [0, 0.05) is 12.1 Å². The first-order chi connectivity index (χ1) is 13.7. The Morgan fingerprint density at radius 1 is 1.14 bits per heavy atom. The molecule has 0 aliphatic heterocycles. The normalized spacial score (nSPS) is 11.0. The molecule has 144 valence electrons. The van der Waals surface area contributed by atoms with Gasteiger partial charge in [0.15, 0.2) is 17.1 Å². The average molecular weight is 382 g/mol. The summed E-state index contributed by atoms with van der Waals surface area (Å²) in [5.74, 6) is 2.54. The van der Waals surface area contributed by atoms with Crippen LogP contribution < -0.4 is 14.2 Å². The Morgan fingerprint density at radius 3 is 2.71 bits per heavy atom. The van der Waals surface area contributed by atoms with Gasteiger partial charge in [-0.15, -0.1) is 15.3 Å². The standard InChI is InChI=1S/C18H18N6O4/c1-4-26-13-6-5-12(19-9-13)10-27-18-15(25-3)8-16-20-21-17(24(16)22-18)14-7-11(2)28-23-14/h5-9H,4,10H2,1-3H3. The van der Waals surface area contributed by atoms with Crippen LogP contribution in [0, 0.1) is 6.92 Å². The van der Waals surface area contributed by atoms with Crippen molar-refractivity contribution in [2.75, 3.05) is 13.7 Å². The second-order valence-corrected chi connectivity index (χ2v) is 5.84. The Labute approximate surface area is 160 Å². The Hall–Kier alpha value is -3.69. The molecule has 0 unspecified atom stereocenters. The predicted molar refractivity (Wildman–Crippen MR) is 97.3 cm³/mol. The molecule has 0 N–H and O–H groups in total. The van der Waals surface area contributed by atoms with Gasteiger partial charge in [-0.05, 0) is 26.0 Å². The fraction of sp³-hybridized carbons (Fsp3) is 0.278. The molecule has 10 nitrogen and oxygen atoms in total. The molecule has 0 spiro atoms. The number of methoxy groups -OCH3 is 1. The van der Waals surface area contributed by atoms with E-state index in [0.29, 0.717) is 41.0 Å². The van der Waals surface area contributed by atoms with Crippen LogP contribution in [0.2, 0.25) is 0 Å². The summed E-state index contributed by atoms with van der Waals surface area (Å²) in [7, 11) is 1.54. The zero-order valence-electron chi connectivity index (χ0n) is 15.6. The van der Waals surface area contributed by atoms with Crippen LogP contribution in [0.3, 0.4) is 0 Å². The lowest BCUT2D eigenvalue weighted by Gasteiger charge is -2.10. The Morgan fingerprint density at radius 2 is 2.04 bits per heavy atom. The Kier molecular flexibility index (Phi) is 4.75. The minimum atomic E-state index is 0.210. The van der Waals surface area contributed by atoms with E-state index >= 15 is 0 Å². The topological polar surface area (TPSA) is 110 Å². The highest BCUT2D eigenvalue weighted by Gasteiger charge is 2.17. The summed E-state index contributed by atoms with van der Waals surface area (Å²) >= 11 is 0. The second kappa shape index (κ2) is 7.51. The zero-order chi connectivity index (χ0) is 19.5. The van der Waals surface area contributed by atoms with Gasteiger partial charge in [0.05, 0.1) is 25.6 Å². The number of ether oxygens (including phenoxy) is 3. The summed E-state index contributed by atoms with van der Waals surface area (Å²) in [6.45, 7) is 4.52. The number of nitrogens with zero attached hydrogens (tertiary/aromatic N) is 6. The summed E-state index contributed by atoms with van der Waals surface area (Å²) in [6.07, 6.45) is 1.65. The van der Waals surface area contributed by atoms with Gasteiger partial charge in [0.1, 0.15) is 18.1 Å². The molecule has 4 rings (SSSR count). The number of pyridine rings is 1. The van der Waals surface area contributed by atoms with Gasteiger partial charge in [-0.3, -0.25) is 4.98 Å². The maximum atomic E-state index is 5.83. The number of aromatic nitrogens is 6. The number of aryl methyl sites for hydroxylation is 1. The molecule has 0 amide bonds. The summed E-state index contributed by atoms with van der Waals surface area (Å²) in [6, 6.07) is 7.12. The lowest BCUT2D eigenvalue weighted by atomic mass is 10.3. The van der Waals surface area contributed by atoms with Gasteiger partial charge >= 0.3 is 0 Å². The van der Waals surface area contributed by atoms with Crippen molar-refractivity contribution in [1.29, 1.82) is 0 Å². The molecule has 0 atom stereocenters. The fourth-order valence-corrected chi connectivity index (χ4v) is 2.57. The zero-order valence-corrected chi connectivity index (χ0v) is 15.6. The highest BCUT2D eigenvalue weighted by atomic mass is 16.5. The van der Waals surface area contributed by atoms with E-state index in [9.17, 15) is 0 Å². The lowest BCUT2D eigenvalue weighted by molar-refractivity contribution is 0.264. The quantitative estimate of drug-likeness (QED) is 0.476. The highest BCUT2D eigenvalue weighted by Crippen LogP contribution is 2.28. The molecule has 4 heterocycles. The van der Waals surface area contributed by atoms with Gasteiger partial charge in [-0.1, -0.05) is 5.16 Å². The van der Waals surface area contributed by atoms with Gasteiger partial charge in [-0.2, -0.15) is 4.52 Å². The summed E-state index contributed by atoms with van der Waals surface area (Å²) < 4.78 is 23.2. The number of fused-ring (bicyclic) bond motifs is 1. The third-order valence-corrected chi connectivity index (χ3v) is 3.87. The molecule has 0 aliphatic rings. The highest BCUT2D eigenvalue weighted by molar-refractivity contribution is 5.56. The first-order valence-corrected chi connectivity index (χ1v) is 8.62. The first-order valence-electron chi connectivity index (χ1n) is 8.62. The van der Waals surface area contributed by atoms with E-state index in [1.165, 1.54) is 11.6 Å². The minimum Gasteiger partial charge on any atom is -0.492 e. The van der Waals surface area contributed by atoms with E-state index < -0.39 is 0 Å². The minimum absolute atomic E-state index is 0.210. The molecule has 0 fully saturated rings. The van der Waals surface area contributed by atoms with Crippen LogP contribution in [0.1, 0.15) is 18.4 Å². The number of hydrogen-bond acceptors (Lipinski definition) is 9. The van der Waals surface area contributed by atoms with Crippen molar-refractivity contribution < 1.29 is 18.7 Å². The van der Waals surface area contributed by atoms with Crippen LogP contribution in [-0.2, 0) is 6.61 Å². The molecule has 0 radical (unpaired) electrons. The Balaban J connectivity index is 1.61. The number of rotatable bonds is 7. The van der Waals surface area contributed by atoms with Crippen molar-refractivity contribution in [2.24, 2.45) is 0 Å². The van der Waals surface area contributed by atoms with Crippen molar-refractivity contribution in [1.82, 2.24) is 30.0 Å². The molecular weight excluding hydrogens is 364 g/mol. The van der Waals surface area contributed by atoms with Gasteiger partial charge < -0.3 is 18.7 Å². The molecule has 0 saturated carbocycles. The van der Waals surface area contributed by atoms with Crippen LogP contribution in [0.5, 0.6) is 17.4 Å².